The Hall–Kier alpha value is -3.92. The number of rotatable bonds is 5. The number of nitrogens with zero attached hydrogens (tertiary/aromatic N) is 3. The molecule has 0 unspecified atom stereocenters. The number of halogens is 3. The number of hydrogen-bond donors (Lipinski definition) is 1. The number of benzene rings is 2. The van der Waals surface area contributed by atoms with E-state index < -0.39 is 11.9 Å². The van der Waals surface area contributed by atoms with Crippen LogP contribution in [0.3, 0.4) is 0 Å². The molecule has 0 bridgehead atoms. The van der Waals surface area contributed by atoms with Gasteiger partial charge in [0, 0.05) is 24.0 Å². The van der Waals surface area contributed by atoms with Crippen molar-refractivity contribution >= 4 is 16.8 Å². The van der Waals surface area contributed by atoms with E-state index in [2.05, 4.69) is 9.97 Å². The van der Waals surface area contributed by atoms with Crippen LogP contribution in [0.5, 0.6) is 5.75 Å². The minimum Gasteiger partial charge on any atom is -0.489 e. The van der Waals surface area contributed by atoms with Crippen molar-refractivity contribution in [1.29, 1.82) is 0 Å². The van der Waals surface area contributed by atoms with Crippen molar-refractivity contribution in [2.45, 2.75) is 52.7 Å². The predicted molar refractivity (Wildman–Crippen MR) is 131 cm³/mol. The first kappa shape index (κ1) is 24.8. The molecule has 37 heavy (non-hydrogen) atoms. The van der Waals surface area contributed by atoms with Gasteiger partial charge in [0.05, 0.1) is 12.6 Å². The van der Waals surface area contributed by atoms with Gasteiger partial charge in [0.25, 0.3) is 5.91 Å². The number of amides is 1. The highest BCUT2D eigenvalue weighted by Crippen LogP contribution is 2.38. The van der Waals surface area contributed by atoms with Crippen molar-refractivity contribution in [3.05, 3.63) is 76.3 Å². The smallest absolute Gasteiger partial charge is 0.433 e. The number of carbonyl (C=O) groups excluding carboxylic acids is 1. The van der Waals surface area contributed by atoms with Crippen LogP contribution in [0.1, 0.15) is 52.5 Å². The van der Waals surface area contributed by atoms with Crippen molar-refractivity contribution < 1.29 is 27.1 Å². The fourth-order valence-corrected chi connectivity index (χ4v) is 4.54. The average Bonchev–Trinajstić information content (AvgIpc) is 3.48. The SMILES string of the molecule is Cc1cccc2c1CN(C(=O)c1nc(-c3ccc(OC(C)C)c4nc(C(F)(F)F)ccc34)oc1CN)C2. The lowest BCUT2D eigenvalue weighted by atomic mass is 10.1. The molecule has 5 rings (SSSR count). The molecular weight excluding hydrogens is 485 g/mol. The van der Waals surface area contributed by atoms with Crippen LogP contribution in [0.2, 0.25) is 0 Å². The van der Waals surface area contributed by atoms with Crippen LogP contribution in [-0.2, 0) is 25.8 Å². The third kappa shape index (κ3) is 4.53. The fourth-order valence-electron chi connectivity index (χ4n) is 4.54. The third-order valence-corrected chi connectivity index (χ3v) is 6.29. The van der Waals surface area contributed by atoms with Crippen LogP contribution in [0.15, 0.2) is 46.9 Å². The highest BCUT2D eigenvalue weighted by Gasteiger charge is 2.34. The summed E-state index contributed by atoms with van der Waals surface area (Å²) >= 11 is 0. The van der Waals surface area contributed by atoms with E-state index in [-0.39, 0.29) is 47.2 Å². The minimum atomic E-state index is -4.62. The standard InChI is InChI=1S/C27H25F3N4O3/c1-14(2)36-20-9-7-18(17-8-10-22(27(28,29)30)32-23(17)20)25-33-24(21(11-31)37-25)26(35)34-12-16-6-4-5-15(3)19(16)13-34/h4-10,14H,11-13,31H2,1-3H3. The summed E-state index contributed by atoms with van der Waals surface area (Å²) in [5.41, 5.74) is 8.60. The summed E-state index contributed by atoms with van der Waals surface area (Å²) in [5, 5.41) is 0.346. The van der Waals surface area contributed by atoms with E-state index in [4.69, 9.17) is 14.9 Å². The Labute approximate surface area is 211 Å². The van der Waals surface area contributed by atoms with Crippen molar-refractivity contribution in [3.63, 3.8) is 0 Å². The van der Waals surface area contributed by atoms with E-state index in [0.29, 0.717) is 24.0 Å². The zero-order valence-electron chi connectivity index (χ0n) is 20.5. The molecule has 0 fully saturated rings. The van der Waals surface area contributed by atoms with Gasteiger partial charge >= 0.3 is 6.18 Å². The molecule has 2 N–H and O–H groups in total. The van der Waals surface area contributed by atoms with Crippen molar-refractivity contribution in [1.82, 2.24) is 14.9 Å². The molecule has 0 saturated carbocycles. The molecule has 0 saturated heterocycles. The number of ether oxygens (including phenoxy) is 1. The average molecular weight is 511 g/mol. The zero-order chi connectivity index (χ0) is 26.5. The van der Waals surface area contributed by atoms with E-state index >= 15 is 0 Å². The quantitative estimate of drug-likeness (QED) is 0.375. The molecule has 0 radical (unpaired) electrons. The van der Waals surface area contributed by atoms with Crippen molar-refractivity contribution in [2.24, 2.45) is 5.73 Å². The first-order valence-electron chi connectivity index (χ1n) is 11.8. The summed E-state index contributed by atoms with van der Waals surface area (Å²) in [6.07, 6.45) is -4.91. The molecule has 1 aliphatic heterocycles. The summed E-state index contributed by atoms with van der Waals surface area (Å²) in [7, 11) is 0. The Morgan fingerprint density at radius 2 is 1.92 bits per heavy atom. The maximum Gasteiger partial charge on any atom is 0.433 e. The molecule has 10 heteroatoms. The fraction of sp³-hybridized carbons (Fsp3) is 0.296. The molecular formula is C27H25F3N4O3. The number of aryl methyl sites for hydroxylation is 1. The van der Waals surface area contributed by atoms with E-state index in [9.17, 15) is 18.0 Å². The van der Waals surface area contributed by atoms with Crippen molar-refractivity contribution in [3.8, 4) is 17.2 Å². The Morgan fingerprint density at radius 1 is 1.14 bits per heavy atom. The Morgan fingerprint density at radius 3 is 2.59 bits per heavy atom. The molecule has 2 aromatic carbocycles. The Balaban J connectivity index is 1.57. The highest BCUT2D eigenvalue weighted by atomic mass is 19.4. The molecule has 2 aromatic heterocycles. The number of oxazole rings is 1. The number of aromatic nitrogens is 2. The number of carbonyl (C=O) groups is 1. The number of fused-ring (bicyclic) bond motifs is 2. The lowest BCUT2D eigenvalue weighted by Crippen LogP contribution is -2.27. The highest BCUT2D eigenvalue weighted by molar-refractivity contribution is 5.98. The summed E-state index contributed by atoms with van der Waals surface area (Å²) in [6.45, 7) is 6.35. The van der Waals surface area contributed by atoms with Gasteiger partial charge in [-0.1, -0.05) is 18.2 Å². The first-order valence-corrected chi connectivity index (χ1v) is 11.8. The first-order chi connectivity index (χ1) is 17.6. The third-order valence-electron chi connectivity index (χ3n) is 6.29. The second kappa shape index (κ2) is 9.19. The molecule has 1 aliphatic rings. The van der Waals surface area contributed by atoms with Crippen molar-refractivity contribution in [2.75, 3.05) is 0 Å². The van der Waals surface area contributed by atoms with Crippen LogP contribution in [-0.4, -0.2) is 26.9 Å². The van der Waals surface area contributed by atoms with Gasteiger partial charge in [0.2, 0.25) is 5.89 Å². The lowest BCUT2D eigenvalue weighted by molar-refractivity contribution is -0.140. The largest absolute Gasteiger partial charge is 0.489 e. The van der Waals surface area contributed by atoms with E-state index in [1.807, 2.05) is 25.1 Å². The number of pyridine rings is 1. The van der Waals surface area contributed by atoms with E-state index in [0.717, 1.165) is 22.8 Å². The van der Waals surface area contributed by atoms with Crippen LogP contribution in [0.25, 0.3) is 22.4 Å². The van der Waals surface area contributed by atoms with Crippen LogP contribution >= 0.6 is 0 Å². The normalized spacial score (nSPS) is 13.5. The number of hydrogen-bond acceptors (Lipinski definition) is 6. The van der Waals surface area contributed by atoms with Gasteiger partial charge in [0.1, 0.15) is 17.0 Å². The Kier molecular flexibility index (Phi) is 6.15. The van der Waals surface area contributed by atoms with E-state index in [1.165, 1.54) is 12.1 Å². The maximum absolute atomic E-state index is 13.4. The molecule has 4 aromatic rings. The molecule has 3 heterocycles. The summed E-state index contributed by atoms with van der Waals surface area (Å²) in [5.74, 6) is 0.141. The van der Waals surface area contributed by atoms with Gasteiger partial charge in [-0.2, -0.15) is 13.2 Å². The lowest BCUT2D eigenvalue weighted by Gasteiger charge is -2.15. The molecule has 0 aliphatic carbocycles. The zero-order valence-corrected chi connectivity index (χ0v) is 20.5. The van der Waals surface area contributed by atoms with Gasteiger partial charge in [0.15, 0.2) is 11.5 Å². The number of nitrogens with two attached hydrogens (primary N) is 1. The van der Waals surface area contributed by atoms with Gasteiger partial charge in [-0.3, -0.25) is 4.79 Å². The van der Waals surface area contributed by atoms with Gasteiger partial charge in [-0.25, -0.2) is 9.97 Å². The van der Waals surface area contributed by atoms with E-state index in [1.54, 1.807) is 24.8 Å². The minimum absolute atomic E-state index is 0.0202. The summed E-state index contributed by atoms with van der Waals surface area (Å²) in [4.78, 5) is 23.4. The second-order valence-corrected chi connectivity index (χ2v) is 9.24. The van der Waals surface area contributed by atoms with Gasteiger partial charge < -0.3 is 19.8 Å². The molecule has 0 spiro atoms. The summed E-state index contributed by atoms with van der Waals surface area (Å²) < 4.78 is 51.8. The molecule has 1 amide bonds. The number of alkyl halides is 3. The topological polar surface area (TPSA) is 94.5 Å². The molecule has 192 valence electrons. The second-order valence-electron chi connectivity index (χ2n) is 9.24. The monoisotopic (exact) mass is 510 g/mol. The molecule has 7 nitrogen and oxygen atoms in total. The van der Waals surface area contributed by atoms with Crippen LogP contribution < -0.4 is 10.5 Å². The summed E-state index contributed by atoms with van der Waals surface area (Å²) in [6, 6.07) is 11.3. The van der Waals surface area contributed by atoms with Crippen LogP contribution in [0.4, 0.5) is 13.2 Å². The predicted octanol–water partition coefficient (Wildman–Crippen LogP) is 5.62. The van der Waals surface area contributed by atoms with Gasteiger partial charge in [-0.15, -0.1) is 0 Å². The van der Waals surface area contributed by atoms with Crippen LogP contribution in [0, 0.1) is 6.92 Å². The Bertz CT molecular complexity index is 1510. The maximum atomic E-state index is 13.4. The molecule has 0 atom stereocenters. The van der Waals surface area contributed by atoms with Gasteiger partial charge in [-0.05, 0) is 61.7 Å².